The van der Waals surface area contributed by atoms with Gasteiger partial charge in [-0.25, -0.2) is 4.79 Å². The second-order valence-electron chi connectivity index (χ2n) is 4.80. The summed E-state index contributed by atoms with van der Waals surface area (Å²) in [6.45, 7) is 3.47. The van der Waals surface area contributed by atoms with Crippen LogP contribution in [0.2, 0.25) is 0 Å². The molecule has 0 aliphatic carbocycles. The molecule has 1 aromatic rings. The van der Waals surface area contributed by atoms with Crippen LogP contribution in [-0.4, -0.2) is 44.0 Å². The molecule has 0 saturated carbocycles. The number of benzene rings is 1. The van der Waals surface area contributed by atoms with Gasteiger partial charge in [0.05, 0.1) is 12.1 Å². The van der Waals surface area contributed by atoms with Crippen LogP contribution in [-0.2, 0) is 11.2 Å². The minimum absolute atomic E-state index is 0.176. The average molecular weight is 563 g/mol. The maximum Gasteiger partial charge on any atom is 0.326 e. The highest BCUT2D eigenvalue weighted by atomic mass is 127. The maximum atomic E-state index is 11.6. The number of carbonyl (C=O) groups is 1. The Morgan fingerprint density at radius 3 is 2.32 bits per heavy atom. The zero-order valence-electron chi connectivity index (χ0n) is 12.2. The van der Waals surface area contributed by atoms with Crippen molar-refractivity contribution in [3.05, 3.63) is 24.3 Å². The first-order valence-corrected chi connectivity index (χ1v) is 9.22. The van der Waals surface area contributed by atoms with Crippen LogP contribution in [0.15, 0.2) is 6.07 Å². The lowest BCUT2D eigenvalue weighted by Crippen LogP contribution is -2.42. The van der Waals surface area contributed by atoms with Gasteiger partial charge in [0.2, 0.25) is 0 Å². The number of nitrogens with zero attached hydrogens (tertiary/aromatic N) is 1. The lowest BCUT2D eigenvalue weighted by atomic mass is 9.97. The number of likely N-dealkylation sites (N-methyl/N-ethyl adjacent to an activating group) is 1. The van der Waals surface area contributed by atoms with Crippen LogP contribution in [0.3, 0.4) is 0 Å². The molecule has 0 bridgehead atoms. The molecule has 4 nitrogen and oxygen atoms in total. The van der Waals surface area contributed by atoms with E-state index in [9.17, 15) is 15.0 Å². The second kappa shape index (κ2) is 8.15. The summed E-state index contributed by atoms with van der Waals surface area (Å²) in [7, 11) is 1.67. The number of hydrogen-bond acceptors (Lipinski definition) is 4. The molecule has 0 saturated heterocycles. The largest absolute Gasteiger partial charge is 0.506 e. The molecule has 0 aromatic heterocycles. The van der Waals surface area contributed by atoms with Crippen molar-refractivity contribution >= 4 is 85.4 Å². The van der Waals surface area contributed by atoms with Crippen molar-refractivity contribution in [2.24, 2.45) is 0 Å². The van der Waals surface area contributed by atoms with Gasteiger partial charge in [-0.1, -0.05) is 24.4 Å². The molecule has 120 valence electrons. The Morgan fingerprint density at radius 1 is 1.36 bits per heavy atom. The molecule has 0 heterocycles. The van der Waals surface area contributed by atoms with Gasteiger partial charge in [-0.05, 0) is 70.7 Å². The fourth-order valence-electron chi connectivity index (χ4n) is 2.02. The lowest BCUT2D eigenvalue weighted by Gasteiger charge is -2.27. The van der Waals surface area contributed by atoms with E-state index in [2.05, 4.69) is 0 Å². The number of thiocarbonyl (C=S) groups is 2. The highest BCUT2D eigenvalue weighted by molar-refractivity contribution is 14.1. The Morgan fingerprint density at radius 2 is 1.91 bits per heavy atom. The molecular formula is C14H15I2NO3S2. The van der Waals surface area contributed by atoms with Gasteiger partial charge >= 0.3 is 5.97 Å². The summed E-state index contributed by atoms with van der Waals surface area (Å²) in [5, 5.41) is 19.6. The Bertz CT molecular complexity index is 649. The summed E-state index contributed by atoms with van der Waals surface area (Å²) in [5.41, 5.74) is 1.53. The van der Waals surface area contributed by atoms with Gasteiger partial charge in [-0.2, -0.15) is 0 Å². The van der Waals surface area contributed by atoms with Gasteiger partial charge in [0.15, 0.2) is 0 Å². The minimum Gasteiger partial charge on any atom is -0.506 e. The third kappa shape index (κ3) is 4.48. The van der Waals surface area contributed by atoms with E-state index in [1.165, 1.54) is 0 Å². The number of rotatable bonds is 5. The van der Waals surface area contributed by atoms with Crippen LogP contribution in [0.1, 0.15) is 25.0 Å². The number of hydrogen-bond donors (Lipinski definition) is 2. The Kier molecular flexibility index (Phi) is 7.40. The van der Waals surface area contributed by atoms with E-state index in [1.807, 2.05) is 45.2 Å². The van der Waals surface area contributed by atoms with E-state index in [-0.39, 0.29) is 12.2 Å². The Hall–Kier alpha value is -0.0700. The first-order chi connectivity index (χ1) is 10.1. The van der Waals surface area contributed by atoms with Crippen LogP contribution in [0.25, 0.3) is 0 Å². The number of halogens is 2. The van der Waals surface area contributed by atoms with Crippen LogP contribution in [0, 0.1) is 7.14 Å². The minimum atomic E-state index is -0.947. The third-order valence-corrected chi connectivity index (χ3v) is 5.65. The summed E-state index contributed by atoms with van der Waals surface area (Å²) in [4.78, 5) is 14.3. The summed E-state index contributed by atoms with van der Waals surface area (Å²) in [6, 6.07) is 1.01. The number of carboxylic acids is 1. The normalized spacial score (nSPS) is 11.9. The quantitative estimate of drug-likeness (QED) is 0.325. The van der Waals surface area contributed by atoms with Crippen molar-refractivity contribution < 1.29 is 15.0 Å². The molecule has 1 unspecified atom stereocenters. The van der Waals surface area contributed by atoms with Crippen LogP contribution >= 0.6 is 69.6 Å². The van der Waals surface area contributed by atoms with Gasteiger partial charge in [-0.3, -0.25) is 0 Å². The highest BCUT2D eigenvalue weighted by Crippen LogP contribution is 2.33. The number of aromatic hydroxyl groups is 1. The van der Waals surface area contributed by atoms with Crippen molar-refractivity contribution in [2.45, 2.75) is 26.3 Å². The molecule has 0 spiro atoms. The van der Waals surface area contributed by atoms with Crippen molar-refractivity contribution in [3.63, 3.8) is 0 Å². The fourth-order valence-corrected chi connectivity index (χ4v) is 4.76. The summed E-state index contributed by atoms with van der Waals surface area (Å²) in [5.74, 6) is -0.770. The maximum absolute atomic E-state index is 11.6. The van der Waals surface area contributed by atoms with E-state index in [0.717, 1.165) is 11.1 Å². The average Bonchev–Trinajstić information content (AvgIpc) is 2.40. The van der Waals surface area contributed by atoms with Crippen molar-refractivity contribution in [3.8, 4) is 5.75 Å². The zero-order chi connectivity index (χ0) is 17.2. The van der Waals surface area contributed by atoms with Gasteiger partial charge in [0.1, 0.15) is 11.8 Å². The SMILES string of the molecule is CC(=S)c1c(CC(C(=O)O)N(C)C(C)=S)cc(I)c(O)c1I. The first kappa shape index (κ1) is 20.0. The molecule has 0 amide bonds. The van der Waals surface area contributed by atoms with Crippen molar-refractivity contribution in [2.75, 3.05) is 7.05 Å². The van der Waals surface area contributed by atoms with Crippen LogP contribution < -0.4 is 0 Å². The predicted molar refractivity (Wildman–Crippen MR) is 112 cm³/mol. The van der Waals surface area contributed by atoms with E-state index < -0.39 is 12.0 Å². The van der Waals surface area contributed by atoms with E-state index >= 15 is 0 Å². The van der Waals surface area contributed by atoms with Crippen molar-refractivity contribution in [1.82, 2.24) is 4.90 Å². The van der Waals surface area contributed by atoms with Gasteiger partial charge < -0.3 is 15.1 Å². The summed E-state index contributed by atoms with van der Waals surface area (Å²) >= 11 is 14.4. The second-order valence-corrected chi connectivity index (χ2v) is 8.24. The lowest BCUT2D eigenvalue weighted by molar-refractivity contribution is -0.141. The molecule has 22 heavy (non-hydrogen) atoms. The highest BCUT2D eigenvalue weighted by Gasteiger charge is 2.26. The molecule has 0 fully saturated rings. The first-order valence-electron chi connectivity index (χ1n) is 6.24. The molecule has 1 rings (SSSR count). The Balaban J connectivity index is 3.40. The molecular weight excluding hydrogens is 548 g/mol. The molecule has 8 heteroatoms. The smallest absolute Gasteiger partial charge is 0.326 e. The summed E-state index contributed by atoms with van der Waals surface area (Å²) < 4.78 is 1.32. The molecule has 0 aliphatic rings. The molecule has 0 aliphatic heterocycles. The third-order valence-electron chi connectivity index (χ3n) is 3.29. The number of phenolic OH excluding ortho intramolecular Hbond substituents is 1. The topological polar surface area (TPSA) is 60.8 Å². The molecule has 2 N–H and O–H groups in total. The molecule has 1 atom stereocenters. The molecule has 0 radical (unpaired) electrons. The predicted octanol–water partition coefficient (Wildman–Crippen LogP) is 3.61. The van der Waals surface area contributed by atoms with Crippen LogP contribution in [0.4, 0.5) is 0 Å². The zero-order valence-corrected chi connectivity index (χ0v) is 18.1. The van der Waals surface area contributed by atoms with Gasteiger partial charge in [0.25, 0.3) is 0 Å². The fraction of sp³-hybridized carbons (Fsp3) is 0.357. The standard InChI is InChI=1S/C14H15I2NO3S2/c1-6(21)11-8(4-9(15)13(18)12(11)16)5-10(14(19)20)17(3)7(2)22/h4,10,18H,5H2,1-3H3,(H,19,20). The van der Waals surface area contributed by atoms with Gasteiger partial charge in [0, 0.05) is 23.9 Å². The summed E-state index contributed by atoms with van der Waals surface area (Å²) in [6.07, 6.45) is 0.259. The van der Waals surface area contributed by atoms with E-state index in [1.54, 1.807) is 31.9 Å². The van der Waals surface area contributed by atoms with Gasteiger partial charge in [-0.15, -0.1) is 0 Å². The van der Waals surface area contributed by atoms with E-state index in [0.29, 0.717) is 17.0 Å². The monoisotopic (exact) mass is 563 g/mol. The van der Waals surface area contributed by atoms with Crippen molar-refractivity contribution in [1.29, 1.82) is 0 Å². The number of aliphatic carboxylic acids is 1. The van der Waals surface area contributed by atoms with E-state index in [4.69, 9.17) is 24.4 Å². The number of carboxylic acid groups (broad SMARTS) is 1. The van der Waals surface area contributed by atoms with Crippen LogP contribution in [0.5, 0.6) is 5.75 Å². The molecule has 1 aromatic carbocycles. The number of phenols is 1. The Labute approximate surface area is 167 Å².